The molecule has 3 nitrogen and oxygen atoms in total. The molecule has 1 N–H and O–H groups in total. The minimum Gasteiger partial charge on any atom is -0.329 e. The molecule has 0 amide bonds. The average molecular weight is 300 g/mol. The number of hydrogen-bond donors (Lipinski definition) is 1. The molecule has 1 fully saturated rings. The number of rotatable bonds is 3. The molecule has 116 valence electrons. The number of pyridine rings is 1. The van der Waals surface area contributed by atoms with Gasteiger partial charge in [0, 0.05) is 18.8 Å². The van der Waals surface area contributed by atoms with Crippen LogP contribution in [0, 0.1) is 12.7 Å². The molecule has 1 aliphatic heterocycles. The van der Waals surface area contributed by atoms with E-state index < -0.39 is 0 Å². The molecule has 0 saturated carbocycles. The molecule has 0 radical (unpaired) electrons. The van der Waals surface area contributed by atoms with Gasteiger partial charge in [-0.2, -0.15) is 0 Å². The number of aromatic amines is 1. The van der Waals surface area contributed by atoms with Gasteiger partial charge < -0.3 is 4.98 Å². The van der Waals surface area contributed by atoms with Crippen LogP contribution in [-0.4, -0.2) is 23.0 Å². The second-order valence-electron chi connectivity index (χ2n) is 6.11. The molecule has 4 heteroatoms. The fourth-order valence-electron chi connectivity index (χ4n) is 3.19. The Morgan fingerprint density at radius 3 is 2.73 bits per heavy atom. The predicted molar refractivity (Wildman–Crippen MR) is 85.5 cm³/mol. The van der Waals surface area contributed by atoms with E-state index in [1.165, 1.54) is 6.07 Å². The Bertz CT molecular complexity index is 702. The molecule has 22 heavy (non-hydrogen) atoms. The van der Waals surface area contributed by atoms with Gasteiger partial charge in [-0.15, -0.1) is 0 Å². The number of aryl methyl sites for hydroxylation is 1. The Labute approximate surface area is 129 Å². The number of nitrogens with zero attached hydrogens (tertiary/aromatic N) is 1. The second-order valence-corrected chi connectivity index (χ2v) is 6.11. The van der Waals surface area contributed by atoms with E-state index in [0.717, 1.165) is 49.2 Å². The summed E-state index contributed by atoms with van der Waals surface area (Å²) in [5, 5.41) is 0. The Morgan fingerprint density at radius 1 is 1.23 bits per heavy atom. The van der Waals surface area contributed by atoms with Crippen LogP contribution >= 0.6 is 0 Å². The maximum Gasteiger partial charge on any atom is 0.248 e. The van der Waals surface area contributed by atoms with E-state index in [4.69, 9.17) is 0 Å². The number of likely N-dealkylation sites (tertiary alicyclic amines) is 1. The quantitative estimate of drug-likeness (QED) is 0.945. The fourth-order valence-corrected chi connectivity index (χ4v) is 3.19. The SMILES string of the molecule is Cc1ccc(F)cc1CN1CCC(c2cc[nH]c(=O)c2)CC1. The van der Waals surface area contributed by atoms with Gasteiger partial charge in [0.1, 0.15) is 5.82 Å². The number of halogens is 1. The lowest BCUT2D eigenvalue weighted by atomic mass is 9.90. The zero-order valence-electron chi connectivity index (χ0n) is 12.8. The van der Waals surface area contributed by atoms with Gasteiger partial charge in [-0.05, 0) is 73.7 Å². The van der Waals surface area contributed by atoms with Crippen molar-refractivity contribution in [2.75, 3.05) is 13.1 Å². The van der Waals surface area contributed by atoms with Crippen molar-refractivity contribution in [2.24, 2.45) is 0 Å². The van der Waals surface area contributed by atoms with Gasteiger partial charge in [0.2, 0.25) is 5.56 Å². The predicted octanol–water partition coefficient (Wildman–Crippen LogP) is 3.20. The zero-order valence-corrected chi connectivity index (χ0v) is 12.8. The van der Waals surface area contributed by atoms with E-state index in [2.05, 4.69) is 9.88 Å². The highest BCUT2D eigenvalue weighted by Crippen LogP contribution is 2.28. The molecular weight excluding hydrogens is 279 g/mol. The van der Waals surface area contributed by atoms with Crippen molar-refractivity contribution in [1.29, 1.82) is 0 Å². The van der Waals surface area contributed by atoms with Crippen molar-refractivity contribution in [3.05, 3.63) is 69.4 Å². The number of aromatic nitrogens is 1. The van der Waals surface area contributed by atoms with Crippen molar-refractivity contribution < 1.29 is 4.39 Å². The van der Waals surface area contributed by atoms with Crippen LogP contribution < -0.4 is 5.56 Å². The van der Waals surface area contributed by atoms with Crippen LogP contribution in [0.2, 0.25) is 0 Å². The van der Waals surface area contributed by atoms with E-state index in [1.54, 1.807) is 18.3 Å². The van der Waals surface area contributed by atoms with Crippen LogP contribution in [0.4, 0.5) is 4.39 Å². The first-order chi connectivity index (χ1) is 10.6. The van der Waals surface area contributed by atoms with E-state index in [0.29, 0.717) is 5.92 Å². The van der Waals surface area contributed by atoms with Gasteiger partial charge >= 0.3 is 0 Å². The molecule has 0 spiro atoms. The highest BCUT2D eigenvalue weighted by atomic mass is 19.1. The first-order valence-corrected chi connectivity index (χ1v) is 7.78. The summed E-state index contributed by atoms with van der Waals surface area (Å²) in [6, 6.07) is 8.69. The minimum atomic E-state index is -0.168. The number of benzene rings is 1. The van der Waals surface area contributed by atoms with E-state index in [9.17, 15) is 9.18 Å². The van der Waals surface area contributed by atoms with Gasteiger partial charge in [-0.3, -0.25) is 9.69 Å². The molecule has 1 saturated heterocycles. The summed E-state index contributed by atoms with van der Waals surface area (Å²) in [6.45, 7) is 4.78. The van der Waals surface area contributed by atoms with Gasteiger partial charge in [-0.25, -0.2) is 4.39 Å². The molecule has 1 aromatic heterocycles. The Kier molecular flexibility index (Phi) is 4.39. The fraction of sp³-hybridized carbons (Fsp3) is 0.389. The average Bonchev–Trinajstić information content (AvgIpc) is 2.52. The first-order valence-electron chi connectivity index (χ1n) is 7.78. The van der Waals surface area contributed by atoms with Gasteiger partial charge in [0.05, 0.1) is 0 Å². The van der Waals surface area contributed by atoms with Crippen molar-refractivity contribution >= 4 is 0 Å². The van der Waals surface area contributed by atoms with Crippen molar-refractivity contribution in [1.82, 2.24) is 9.88 Å². The van der Waals surface area contributed by atoms with Crippen LogP contribution in [-0.2, 0) is 6.54 Å². The molecule has 2 aromatic rings. The summed E-state index contributed by atoms with van der Waals surface area (Å²) in [6.07, 6.45) is 3.80. The van der Waals surface area contributed by atoms with Crippen LogP contribution in [0.1, 0.15) is 35.4 Å². The standard InChI is InChI=1S/C18H21FN2O/c1-13-2-3-17(19)10-16(13)12-21-8-5-14(6-9-21)15-4-7-20-18(22)11-15/h2-4,7,10-11,14H,5-6,8-9,12H2,1H3,(H,20,22). The van der Waals surface area contributed by atoms with E-state index in [-0.39, 0.29) is 11.4 Å². The summed E-state index contributed by atoms with van der Waals surface area (Å²) in [7, 11) is 0. The third kappa shape index (κ3) is 3.45. The Hall–Kier alpha value is -1.94. The minimum absolute atomic E-state index is 0.0321. The lowest BCUT2D eigenvalue weighted by Gasteiger charge is -2.32. The summed E-state index contributed by atoms with van der Waals surface area (Å²) in [4.78, 5) is 16.4. The molecule has 2 heterocycles. The molecule has 0 unspecified atom stereocenters. The molecule has 0 atom stereocenters. The smallest absolute Gasteiger partial charge is 0.248 e. The summed E-state index contributed by atoms with van der Waals surface area (Å²) < 4.78 is 13.4. The van der Waals surface area contributed by atoms with Crippen LogP contribution in [0.5, 0.6) is 0 Å². The molecule has 1 aromatic carbocycles. The summed E-state index contributed by atoms with van der Waals surface area (Å²) >= 11 is 0. The summed E-state index contributed by atoms with van der Waals surface area (Å²) in [5.74, 6) is 0.283. The van der Waals surface area contributed by atoms with E-state index in [1.807, 2.05) is 19.1 Å². The first kappa shape index (κ1) is 15.0. The third-order valence-electron chi connectivity index (χ3n) is 4.56. The molecular formula is C18H21FN2O. The lowest BCUT2D eigenvalue weighted by Crippen LogP contribution is -2.33. The van der Waals surface area contributed by atoms with Crippen molar-refractivity contribution in [3.8, 4) is 0 Å². The van der Waals surface area contributed by atoms with Gasteiger partial charge in [0.15, 0.2) is 0 Å². The number of piperidine rings is 1. The molecule has 0 aliphatic carbocycles. The largest absolute Gasteiger partial charge is 0.329 e. The highest BCUT2D eigenvalue weighted by Gasteiger charge is 2.21. The van der Waals surface area contributed by atoms with Gasteiger partial charge in [-0.1, -0.05) is 6.07 Å². The third-order valence-corrected chi connectivity index (χ3v) is 4.56. The Balaban J connectivity index is 1.62. The molecule has 0 bridgehead atoms. The van der Waals surface area contributed by atoms with E-state index >= 15 is 0 Å². The van der Waals surface area contributed by atoms with Crippen LogP contribution in [0.25, 0.3) is 0 Å². The van der Waals surface area contributed by atoms with Crippen molar-refractivity contribution in [3.63, 3.8) is 0 Å². The number of hydrogen-bond acceptors (Lipinski definition) is 2. The lowest BCUT2D eigenvalue weighted by molar-refractivity contribution is 0.204. The second kappa shape index (κ2) is 6.44. The number of nitrogens with one attached hydrogen (secondary N) is 1. The maximum absolute atomic E-state index is 13.4. The molecule has 1 aliphatic rings. The van der Waals surface area contributed by atoms with Crippen LogP contribution in [0.15, 0.2) is 41.3 Å². The monoisotopic (exact) mass is 300 g/mol. The number of H-pyrrole nitrogens is 1. The van der Waals surface area contributed by atoms with Crippen molar-refractivity contribution in [2.45, 2.75) is 32.2 Å². The normalized spacial score (nSPS) is 16.8. The Morgan fingerprint density at radius 2 is 2.00 bits per heavy atom. The topological polar surface area (TPSA) is 36.1 Å². The highest BCUT2D eigenvalue weighted by molar-refractivity contribution is 5.26. The maximum atomic E-state index is 13.4. The van der Waals surface area contributed by atoms with Crippen LogP contribution in [0.3, 0.4) is 0 Å². The zero-order chi connectivity index (χ0) is 15.5. The van der Waals surface area contributed by atoms with Gasteiger partial charge in [0.25, 0.3) is 0 Å². The molecule has 3 rings (SSSR count). The summed E-state index contributed by atoms with van der Waals surface area (Å²) in [5.41, 5.74) is 3.30.